The monoisotopic (exact) mass is 354 g/mol. The lowest BCUT2D eigenvalue weighted by Crippen LogP contribution is -2.47. The molecular formula is C19H22N4O3. The lowest BCUT2D eigenvalue weighted by molar-refractivity contribution is -0.150. The summed E-state index contributed by atoms with van der Waals surface area (Å²) in [6, 6.07) is 8.90. The highest BCUT2D eigenvalue weighted by atomic mass is 16.4. The van der Waals surface area contributed by atoms with Crippen molar-refractivity contribution in [2.75, 3.05) is 0 Å². The fourth-order valence-corrected chi connectivity index (χ4v) is 4.35. The second-order valence-corrected chi connectivity index (χ2v) is 7.13. The van der Waals surface area contributed by atoms with Crippen LogP contribution in [0.1, 0.15) is 32.1 Å². The molecule has 4 rings (SSSR count). The second-order valence-electron chi connectivity index (χ2n) is 7.13. The Morgan fingerprint density at radius 3 is 2.69 bits per heavy atom. The zero-order chi connectivity index (χ0) is 18.1. The molecule has 3 unspecified atom stereocenters. The first-order valence-electron chi connectivity index (χ1n) is 9.12. The zero-order valence-electron chi connectivity index (χ0n) is 14.5. The minimum Gasteiger partial charge on any atom is -0.480 e. The van der Waals surface area contributed by atoms with E-state index in [0.717, 1.165) is 31.2 Å². The van der Waals surface area contributed by atoms with Crippen LogP contribution in [0.4, 0.5) is 0 Å². The highest BCUT2D eigenvalue weighted by molar-refractivity contribution is 5.84. The maximum absolute atomic E-state index is 12.9. The Morgan fingerprint density at radius 1 is 1.15 bits per heavy atom. The molecule has 0 spiro atoms. The highest BCUT2D eigenvalue weighted by Gasteiger charge is 2.47. The number of benzene rings is 1. The molecule has 0 bridgehead atoms. The summed E-state index contributed by atoms with van der Waals surface area (Å²) >= 11 is 0. The third-order valence-corrected chi connectivity index (χ3v) is 5.53. The van der Waals surface area contributed by atoms with Crippen LogP contribution in [0.2, 0.25) is 0 Å². The van der Waals surface area contributed by atoms with Crippen molar-refractivity contribution in [3.8, 4) is 11.4 Å². The Kier molecular flexibility index (Phi) is 4.44. The Hall–Kier alpha value is -2.70. The van der Waals surface area contributed by atoms with Crippen molar-refractivity contribution in [2.24, 2.45) is 5.92 Å². The summed E-state index contributed by atoms with van der Waals surface area (Å²) in [4.78, 5) is 30.5. The van der Waals surface area contributed by atoms with E-state index in [1.165, 1.54) is 11.0 Å². The third-order valence-electron chi connectivity index (χ3n) is 5.53. The number of hydrogen-bond acceptors (Lipinski definition) is 4. The lowest BCUT2D eigenvalue weighted by atomic mass is 9.85. The molecule has 136 valence electrons. The first kappa shape index (κ1) is 16.8. The Bertz CT molecular complexity index is 804. The van der Waals surface area contributed by atoms with Crippen molar-refractivity contribution >= 4 is 11.9 Å². The van der Waals surface area contributed by atoms with Gasteiger partial charge in [0, 0.05) is 11.6 Å². The quantitative estimate of drug-likeness (QED) is 0.909. The van der Waals surface area contributed by atoms with E-state index in [-0.39, 0.29) is 18.5 Å². The van der Waals surface area contributed by atoms with Crippen LogP contribution in [0.15, 0.2) is 36.7 Å². The number of nitrogens with zero attached hydrogens (tertiary/aromatic N) is 4. The first-order chi connectivity index (χ1) is 12.6. The molecule has 0 radical (unpaired) electrons. The molecule has 1 aromatic carbocycles. The van der Waals surface area contributed by atoms with E-state index in [1.807, 2.05) is 30.3 Å². The van der Waals surface area contributed by atoms with E-state index in [9.17, 15) is 14.7 Å². The van der Waals surface area contributed by atoms with E-state index >= 15 is 0 Å². The minimum atomic E-state index is -0.906. The van der Waals surface area contributed by atoms with Crippen LogP contribution in [-0.4, -0.2) is 48.7 Å². The molecule has 1 aliphatic heterocycles. The Morgan fingerprint density at radius 2 is 1.92 bits per heavy atom. The summed E-state index contributed by atoms with van der Waals surface area (Å²) in [6.07, 6.45) is 6.19. The van der Waals surface area contributed by atoms with E-state index in [2.05, 4.69) is 10.1 Å². The van der Waals surface area contributed by atoms with E-state index in [4.69, 9.17) is 0 Å². The Labute approximate surface area is 151 Å². The number of likely N-dealkylation sites (tertiary alicyclic amines) is 1. The summed E-state index contributed by atoms with van der Waals surface area (Å²) in [5, 5.41) is 13.9. The van der Waals surface area contributed by atoms with Gasteiger partial charge in [0.2, 0.25) is 5.91 Å². The molecule has 1 N–H and O–H groups in total. The number of amides is 1. The number of aromatic nitrogens is 3. The van der Waals surface area contributed by atoms with Crippen molar-refractivity contribution in [1.29, 1.82) is 0 Å². The number of rotatable bonds is 4. The molecule has 2 fully saturated rings. The van der Waals surface area contributed by atoms with Gasteiger partial charge >= 0.3 is 5.97 Å². The standard InChI is InChI=1S/C19H22N4O3/c24-17(11-22-12-20-18(21-22)13-6-2-1-3-7-13)23-15-9-5-4-8-14(15)10-16(23)19(25)26/h1-3,6-7,12,14-16H,4-5,8-11H2,(H,25,26). The third kappa shape index (κ3) is 3.09. The van der Waals surface area contributed by atoms with Gasteiger partial charge in [-0.15, -0.1) is 0 Å². The van der Waals surface area contributed by atoms with Gasteiger partial charge in [0.05, 0.1) is 0 Å². The van der Waals surface area contributed by atoms with Gasteiger partial charge in [-0.1, -0.05) is 43.2 Å². The van der Waals surface area contributed by atoms with Gasteiger partial charge in [-0.3, -0.25) is 4.79 Å². The predicted octanol–water partition coefficient (Wildman–Crippen LogP) is 2.19. The zero-order valence-corrected chi connectivity index (χ0v) is 14.5. The van der Waals surface area contributed by atoms with E-state index < -0.39 is 12.0 Å². The molecule has 1 aromatic heterocycles. The van der Waals surface area contributed by atoms with Gasteiger partial charge in [-0.25, -0.2) is 14.5 Å². The molecule has 1 amide bonds. The van der Waals surface area contributed by atoms with Crippen molar-refractivity contribution in [1.82, 2.24) is 19.7 Å². The molecule has 1 saturated carbocycles. The summed E-state index contributed by atoms with van der Waals surface area (Å²) in [5.74, 6) is -0.220. The average Bonchev–Trinajstić information content (AvgIpc) is 3.27. The molecule has 26 heavy (non-hydrogen) atoms. The molecule has 2 heterocycles. The largest absolute Gasteiger partial charge is 0.480 e. The number of carboxylic acids is 1. The minimum absolute atomic E-state index is 0.0207. The topological polar surface area (TPSA) is 88.3 Å². The molecule has 2 aliphatic rings. The summed E-state index contributed by atoms with van der Waals surface area (Å²) in [6.45, 7) is 0.0207. The van der Waals surface area contributed by atoms with Crippen molar-refractivity contribution in [3.63, 3.8) is 0 Å². The maximum Gasteiger partial charge on any atom is 0.326 e. The summed E-state index contributed by atoms with van der Waals surface area (Å²) in [7, 11) is 0. The van der Waals surface area contributed by atoms with Crippen LogP contribution in [0.5, 0.6) is 0 Å². The molecule has 7 nitrogen and oxygen atoms in total. The molecule has 7 heteroatoms. The Balaban J connectivity index is 1.52. The maximum atomic E-state index is 12.9. The second kappa shape index (κ2) is 6.90. The smallest absolute Gasteiger partial charge is 0.326 e. The number of carbonyl (C=O) groups is 2. The van der Waals surface area contributed by atoms with Crippen LogP contribution >= 0.6 is 0 Å². The number of hydrogen-bond donors (Lipinski definition) is 1. The average molecular weight is 354 g/mol. The fourth-order valence-electron chi connectivity index (χ4n) is 4.35. The number of carboxylic acid groups (broad SMARTS) is 1. The molecule has 2 aromatic rings. The van der Waals surface area contributed by atoms with Crippen molar-refractivity contribution < 1.29 is 14.7 Å². The van der Waals surface area contributed by atoms with Crippen LogP contribution in [0.25, 0.3) is 11.4 Å². The SMILES string of the molecule is O=C(O)C1CC2CCCCC2N1C(=O)Cn1cnc(-c2ccccc2)n1. The first-order valence-corrected chi connectivity index (χ1v) is 9.12. The van der Waals surface area contributed by atoms with Crippen molar-refractivity contribution in [2.45, 2.75) is 50.7 Å². The molecule has 1 saturated heterocycles. The van der Waals surface area contributed by atoms with Gasteiger partial charge < -0.3 is 10.0 Å². The van der Waals surface area contributed by atoms with Gasteiger partial charge in [0.15, 0.2) is 5.82 Å². The van der Waals surface area contributed by atoms with Gasteiger partial charge in [0.1, 0.15) is 18.9 Å². The van der Waals surface area contributed by atoms with Crippen LogP contribution in [0.3, 0.4) is 0 Å². The van der Waals surface area contributed by atoms with E-state index in [1.54, 1.807) is 4.90 Å². The molecular weight excluding hydrogens is 332 g/mol. The van der Waals surface area contributed by atoms with Gasteiger partial charge in [-0.05, 0) is 25.2 Å². The summed E-state index contributed by atoms with van der Waals surface area (Å²) in [5.41, 5.74) is 0.885. The number of carbonyl (C=O) groups excluding carboxylic acids is 1. The van der Waals surface area contributed by atoms with Gasteiger partial charge in [0.25, 0.3) is 0 Å². The fraction of sp³-hybridized carbons (Fsp3) is 0.474. The predicted molar refractivity (Wildman–Crippen MR) is 94.1 cm³/mol. The van der Waals surface area contributed by atoms with Crippen LogP contribution in [0, 0.1) is 5.92 Å². The van der Waals surface area contributed by atoms with Gasteiger partial charge in [-0.2, -0.15) is 5.10 Å². The summed E-state index contributed by atoms with van der Waals surface area (Å²) < 4.78 is 1.50. The highest BCUT2D eigenvalue weighted by Crippen LogP contribution is 2.39. The van der Waals surface area contributed by atoms with E-state index in [0.29, 0.717) is 18.2 Å². The lowest BCUT2D eigenvalue weighted by Gasteiger charge is -2.32. The van der Waals surface area contributed by atoms with Crippen LogP contribution in [-0.2, 0) is 16.1 Å². The van der Waals surface area contributed by atoms with Crippen LogP contribution < -0.4 is 0 Å². The number of aliphatic carboxylic acids is 1. The molecule has 3 atom stereocenters. The molecule has 1 aliphatic carbocycles. The number of fused-ring (bicyclic) bond motifs is 1. The normalized spacial score (nSPS) is 25.1. The van der Waals surface area contributed by atoms with Crippen molar-refractivity contribution in [3.05, 3.63) is 36.7 Å².